The summed E-state index contributed by atoms with van der Waals surface area (Å²) in [5.74, 6) is -0.0459. The van der Waals surface area contributed by atoms with E-state index in [9.17, 15) is 9.00 Å². The second-order valence-electron chi connectivity index (χ2n) is 6.10. The van der Waals surface area contributed by atoms with Crippen LogP contribution in [0.1, 0.15) is 17.2 Å². The monoisotopic (exact) mass is 362 g/mol. The van der Waals surface area contributed by atoms with Gasteiger partial charge in [-0.1, -0.05) is 41.4 Å². The van der Waals surface area contributed by atoms with Crippen molar-refractivity contribution >= 4 is 28.5 Å². The molecule has 0 aliphatic carbocycles. The molecule has 1 aliphatic heterocycles. The SMILES string of the molecule is Cc1ccc(S(=O)N2C(C(=O)N(C)C)C2c2ccc(Cl)cc2)cc1. The number of hydrogen-bond acceptors (Lipinski definition) is 2. The standard InChI is InChI=1S/C18H19ClN2O2S/c1-12-4-10-15(11-5-12)24(23)21-16(17(21)18(22)20(2)3)13-6-8-14(19)9-7-13/h4-11,16-17H,1-3H3. The van der Waals surface area contributed by atoms with Crippen LogP contribution in [-0.4, -0.2) is 39.5 Å². The van der Waals surface area contributed by atoms with E-state index >= 15 is 0 Å². The first-order chi connectivity index (χ1) is 11.4. The van der Waals surface area contributed by atoms with Crippen LogP contribution in [0.4, 0.5) is 0 Å². The number of benzene rings is 2. The zero-order valence-electron chi connectivity index (χ0n) is 13.8. The molecular weight excluding hydrogens is 344 g/mol. The molecule has 1 saturated heterocycles. The first kappa shape index (κ1) is 17.1. The Labute approximate surface area is 149 Å². The predicted molar refractivity (Wildman–Crippen MR) is 96.1 cm³/mol. The Balaban J connectivity index is 1.91. The van der Waals surface area contributed by atoms with Crippen molar-refractivity contribution in [3.8, 4) is 0 Å². The number of carbonyl (C=O) groups is 1. The van der Waals surface area contributed by atoms with Gasteiger partial charge in [0.15, 0.2) is 0 Å². The van der Waals surface area contributed by atoms with Crippen LogP contribution in [0, 0.1) is 6.92 Å². The van der Waals surface area contributed by atoms with Crippen LogP contribution in [0.2, 0.25) is 5.02 Å². The Morgan fingerprint density at radius 3 is 2.21 bits per heavy atom. The second-order valence-corrected chi connectivity index (χ2v) is 7.92. The number of likely N-dealkylation sites (N-methyl/N-ethyl adjacent to an activating group) is 1. The third-order valence-electron chi connectivity index (χ3n) is 4.08. The zero-order valence-corrected chi connectivity index (χ0v) is 15.3. The summed E-state index contributed by atoms with van der Waals surface area (Å²) in [6.07, 6.45) is 0. The Morgan fingerprint density at radius 1 is 1.08 bits per heavy atom. The Morgan fingerprint density at radius 2 is 1.67 bits per heavy atom. The van der Waals surface area contributed by atoms with E-state index in [0.717, 1.165) is 11.1 Å². The lowest BCUT2D eigenvalue weighted by Gasteiger charge is -2.09. The summed E-state index contributed by atoms with van der Waals surface area (Å²) in [6.45, 7) is 1.99. The average molecular weight is 363 g/mol. The highest BCUT2D eigenvalue weighted by Crippen LogP contribution is 2.47. The van der Waals surface area contributed by atoms with Gasteiger partial charge in [-0.3, -0.25) is 4.79 Å². The molecule has 3 rings (SSSR count). The van der Waals surface area contributed by atoms with Gasteiger partial charge in [0.05, 0.1) is 10.9 Å². The second kappa shape index (κ2) is 6.67. The van der Waals surface area contributed by atoms with Crippen molar-refractivity contribution in [3.05, 3.63) is 64.7 Å². The van der Waals surface area contributed by atoms with Crippen molar-refractivity contribution in [2.24, 2.45) is 0 Å². The fourth-order valence-corrected chi connectivity index (χ4v) is 4.23. The highest BCUT2D eigenvalue weighted by molar-refractivity contribution is 7.83. The first-order valence-electron chi connectivity index (χ1n) is 7.63. The topological polar surface area (TPSA) is 40.4 Å². The van der Waals surface area contributed by atoms with Crippen molar-refractivity contribution in [1.29, 1.82) is 0 Å². The molecule has 4 atom stereocenters. The molecule has 4 nitrogen and oxygen atoms in total. The minimum Gasteiger partial charge on any atom is -0.347 e. The van der Waals surface area contributed by atoms with E-state index in [1.165, 1.54) is 0 Å². The summed E-state index contributed by atoms with van der Waals surface area (Å²) >= 11 is 5.95. The van der Waals surface area contributed by atoms with E-state index in [1.54, 1.807) is 35.4 Å². The highest BCUT2D eigenvalue weighted by atomic mass is 35.5. The van der Waals surface area contributed by atoms with E-state index in [4.69, 9.17) is 11.6 Å². The molecule has 0 radical (unpaired) electrons. The maximum atomic E-state index is 12.9. The van der Waals surface area contributed by atoms with Gasteiger partial charge in [0.1, 0.15) is 17.0 Å². The summed E-state index contributed by atoms with van der Waals surface area (Å²) < 4.78 is 14.7. The molecule has 1 fully saturated rings. The maximum absolute atomic E-state index is 12.9. The van der Waals surface area contributed by atoms with Crippen molar-refractivity contribution in [2.75, 3.05) is 14.1 Å². The quantitative estimate of drug-likeness (QED) is 0.784. The van der Waals surface area contributed by atoms with Crippen LogP contribution < -0.4 is 0 Å². The van der Waals surface area contributed by atoms with E-state index in [2.05, 4.69) is 0 Å². The molecule has 1 heterocycles. The van der Waals surface area contributed by atoms with Crippen LogP contribution in [0.25, 0.3) is 0 Å². The summed E-state index contributed by atoms with van der Waals surface area (Å²) in [5.41, 5.74) is 2.05. The number of amides is 1. The lowest BCUT2D eigenvalue weighted by molar-refractivity contribution is -0.128. The smallest absolute Gasteiger partial charge is 0.242 e. The fourth-order valence-electron chi connectivity index (χ4n) is 2.69. The molecule has 126 valence electrons. The molecular formula is C18H19ClN2O2S. The normalized spacial score (nSPS) is 23.6. The van der Waals surface area contributed by atoms with Gasteiger partial charge in [0.2, 0.25) is 5.91 Å². The van der Waals surface area contributed by atoms with Crippen LogP contribution >= 0.6 is 11.6 Å². The summed E-state index contributed by atoms with van der Waals surface area (Å²) in [6, 6.07) is 14.3. The van der Waals surface area contributed by atoms with Crippen LogP contribution in [0.3, 0.4) is 0 Å². The lowest BCUT2D eigenvalue weighted by Crippen LogP contribution is -2.29. The largest absolute Gasteiger partial charge is 0.347 e. The molecule has 0 bridgehead atoms. The van der Waals surface area contributed by atoms with Gasteiger partial charge in [-0.25, -0.2) is 4.21 Å². The Kier molecular flexibility index (Phi) is 4.76. The number of rotatable bonds is 4. The van der Waals surface area contributed by atoms with E-state index in [0.29, 0.717) is 9.92 Å². The number of carbonyl (C=O) groups excluding carboxylic acids is 1. The van der Waals surface area contributed by atoms with Gasteiger partial charge in [0.25, 0.3) is 0 Å². The van der Waals surface area contributed by atoms with Gasteiger partial charge in [-0.05, 0) is 36.8 Å². The Hall–Kier alpha value is -1.69. The number of hydrogen-bond donors (Lipinski definition) is 0. The van der Waals surface area contributed by atoms with Crippen molar-refractivity contribution in [3.63, 3.8) is 0 Å². The fraction of sp³-hybridized carbons (Fsp3) is 0.278. The molecule has 2 aromatic rings. The van der Waals surface area contributed by atoms with Crippen LogP contribution in [0.5, 0.6) is 0 Å². The molecule has 24 heavy (non-hydrogen) atoms. The van der Waals surface area contributed by atoms with Gasteiger partial charge >= 0.3 is 0 Å². The van der Waals surface area contributed by atoms with Crippen LogP contribution in [-0.2, 0) is 15.8 Å². The molecule has 1 amide bonds. The predicted octanol–water partition coefficient (Wildman–Crippen LogP) is 3.18. The molecule has 0 N–H and O–H groups in total. The maximum Gasteiger partial charge on any atom is 0.242 e. The minimum atomic E-state index is -1.38. The third-order valence-corrected chi connectivity index (χ3v) is 5.84. The van der Waals surface area contributed by atoms with E-state index in [1.807, 2.05) is 43.3 Å². The van der Waals surface area contributed by atoms with Crippen molar-refractivity contribution in [1.82, 2.24) is 9.21 Å². The Bertz CT molecular complexity index is 775. The summed E-state index contributed by atoms with van der Waals surface area (Å²) in [5, 5.41) is 0.640. The molecule has 4 unspecified atom stereocenters. The van der Waals surface area contributed by atoms with Crippen molar-refractivity contribution in [2.45, 2.75) is 23.9 Å². The highest BCUT2D eigenvalue weighted by Gasteiger charge is 2.57. The molecule has 1 aliphatic rings. The molecule has 0 aromatic heterocycles. The van der Waals surface area contributed by atoms with Gasteiger partial charge in [-0.15, -0.1) is 0 Å². The summed E-state index contributed by atoms with van der Waals surface area (Å²) in [4.78, 5) is 14.7. The number of aryl methyl sites for hydroxylation is 1. The zero-order chi connectivity index (χ0) is 17.4. The van der Waals surface area contributed by atoms with Gasteiger partial charge in [0, 0.05) is 19.1 Å². The minimum absolute atomic E-state index is 0.0459. The average Bonchev–Trinajstić information content (AvgIpc) is 3.30. The number of halogens is 1. The van der Waals surface area contributed by atoms with E-state index in [-0.39, 0.29) is 11.9 Å². The molecule has 2 aromatic carbocycles. The van der Waals surface area contributed by atoms with Gasteiger partial charge in [-0.2, -0.15) is 4.31 Å². The van der Waals surface area contributed by atoms with E-state index < -0.39 is 17.0 Å². The molecule has 6 heteroatoms. The first-order valence-corrected chi connectivity index (χ1v) is 9.12. The van der Waals surface area contributed by atoms with Crippen LogP contribution in [0.15, 0.2) is 53.4 Å². The van der Waals surface area contributed by atoms with Crippen molar-refractivity contribution < 1.29 is 9.00 Å². The summed E-state index contributed by atoms with van der Waals surface area (Å²) in [7, 11) is 2.05. The van der Waals surface area contributed by atoms with Gasteiger partial charge < -0.3 is 4.90 Å². The lowest BCUT2D eigenvalue weighted by atomic mass is 10.1. The molecule has 0 spiro atoms. The molecule has 0 saturated carbocycles. The third kappa shape index (κ3) is 3.24. The number of nitrogens with zero attached hydrogens (tertiary/aromatic N) is 2.